The molecule has 41 heavy (non-hydrogen) atoms. The number of hydrogen-bond donors (Lipinski definition) is 2. The van der Waals surface area contributed by atoms with Gasteiger partial charge in [-0.2, -0.15) is 26.3 Å². The number of halogens is 6. The van der Waals surface area contributed by atoms with Crippen molar-refractivity contribution in [2.75, 3.05) is 6.54 Å². The SMILES string of the molecule is O=C(O)CCNC(=O)C1CCC(N2C(=O)C(=Cc3cc(-c4cc(C(F)(F)F)cc(C(F)(F)F)c4)cs3)SC2=S)CC1. The Hall–Kier alpha value is -2.91. The molecular formula is C26H22F6N2O4S3. The zero-order valence-corrected chi connectivity index (χ0v) is 23.4. The maximum atomic E-state index is 13.3. The van der Waals surface area contributed by atoms with E-state index >= 15 is 0 Å². The molecule has 2 heterocycles. The Labute approximate surface area is 243 Å². The summed E-state index contributed by atoms with van der Waals surface area (Å²) >= 11 is 7.53. The molecule has 1 saturated carbocycles. The first-order valence-corrected chi connectivity index (χ1v) is 14.4. The zero-order valence-electron chi connectivity index (χ0n) is 21.0. The van der Waals surface area contributed by atoms with Gasteiger partial charge in [0, 0.05) is 23.4 Å². The van der Waals surface area contributed by atoms with Crippen LogP contribution in [-0.4, -0.2) is 44.7 Å². The molecule has 0 spiro atoms. The minimum atomic E-state index is -4.97. The van der Waals surface area contributed by atoms with Gasteiger partial charge in [0.2, 0.25) is 5.91 Å². The van der Waals surface area contributed by atoms with E-state index in [4.69, 9.17) is 17.3 Å². The van der Waals surface area contributed by atoms with E-state index in [1.807, 2.05) is 0 Å². The Bertz CT molecular complexity index is 1360. The molecular weight excluding hydrogens is 614 g/mol. The normalized spacial score (nSPS) is 21.0. The number of nitrogens with zero attached hydrogens (tertiary/aromatic N) is 1. The molecule has 2 amide bonds. The van der Waals surface area contributed by atoms with Gasteiger partial charge in [-0.1, -0.05) is 24.0 Å². The van der Waals surface area contributed by atoms with E-state index < -0.39 is 29.4 Å². The molecule has 15 heteroatoms. The number of rotatable bonds is 7. The number of carboxylic acids is 1. The Kier molecular flexibility index (Phi) is 9.19. The summed E-state index contributed by atoms with van der Waals surface area (Å²) < 4.78 is 79.9. The third-order valence-corrected chi connectivity index (χ3v) is 8.92. The molecule has 0 atom stereocenters. The summed E-state index contributed by atoms with van der Waals surface area (Å²) in [5, 5.41) is 12.7. The second-order valence-electron chi connectivity index (χ2n) is 9.52. The van der Waals surface area contributed by atoms with Crippen molar-refractivity contribution < 1.29 is 45.8 Å². The molecule has 0 unspecified atom stereocenters. The molecule has 1 saturated heterocycles. The fourth-order valence-electron chi connectivity index (χ4n) is 4.66. The number of carbonyl (C=O) groups is 3. The first-order valence-electron chi connectivity index (χ1n) is 12.3. The maximum Gasteiger partial charge on any atom is 0.416 e. The van der Waals surface area contributed by atoms with Crippen LogP contribution in [0.1, 0.15) is 48.1 Å². The van der Waals surface area contributed by atoms with E-state index in [1.54, 1.807) is 0 Å². The van der Waals surface area contributed by atoms with Crippen LogP contribution in [0.3, 0.4) is 0 Å². The topological polar surface area (TPSA) is 86.7 Å². The molecule has 2 aromatic rings. The number of alkyl halides is 6. The number of thioether (sulfide) groups is 1. The van der Waals surface area contributed by atoms with E-state index in [9.17, 15) is 40.7 Å². The standard InChI is InChI=1S/C26H22F6N2O4S3/c27-25(28,29)16-7-14(8-17(10-16)26(30,31)32)15-9-19(40-12-15)11-20-23(38)34(24(39)41-20)18-3-1-13(2-4-18)22(37)33-6-5-21(35)36/h7-13,18H,1-6H2,(H,33,37)(H,35,36). The summed E-state index contributed by atoms with van der Waals surface area (Å²) in [6, 6.07) is 2.57. The van der Waals surface area contributed by atoms with Crippen LogP contribution >= 0.6 is 35.3 Å². The number of aliphatic carboxylic acids is 1. The molecule has 1 aromatic carbocycles. The van der Waals surface area contributed by atoms with Crippen LogP contribution in [0.5, 0.6) is 0 Å². The van der Waals surface area contributed by atoms with Gasteiger partial charge in [-0.15, -0.1) is 11.3 Å². The lowest BCUT2D eigenvalue weighted by Crippen LogP contribution is -2.43. The molecule has 2 N–H and O–H groups in total. The highest BCUT2D eigenvalue weighted by Gasteiger charge is 2.40. The van der Waals surface area contributed by atoms with E-state index in [-0.39, 0.29) is 58.8 Å². The van der Waals surface area contributed by atoms with E-state index in [0.29, 0.717) is 47.0 Å². The molecule has 1 aliphatic heterocycles. The third-order valence-electron chi connectivity index (χ3n) is 6.71. The first kappa shape index (κ1) is 31.0. The van der Waals surface area contributed by atoms with Crippen molar-refractivity contribution in [2.45, 2.75) is 50.5 Å². The third kappa shape index (κ3) is 7.49. The molecule has 6 nitrogen and oxygen atoms in total. The number of thiocarbonyl (C=S) groups is 1. The van der Waals surface area contributed by atoms with Crippen LogP contribution in [0, 0.1) is 5.92 Å². The number of hydrogen-bond acceptors (Lipinski definition) is 6. The molecule has 4 rings (SSSR count). The van der Waals surface area contributed by atoms with E-state index in [1.165, 1.54) is 22.4 Å². The van der Waals surface area contributed by atoms with Gasteiger partial charge < -0.3 is 10.4 Å². The summed E-state index contributed by atoms with van der Waals surface area (Å²) in [6.07, 6.45) is -6.60. The highest BCUT2D eigenvalue weighted by Crippen LogP contribution is 2.41. The highest BCUT2D eigenvalue weighted by molar-refractivity contribution is 8.26. The molecule has 2 aliphatic rings. The number of nitrogens with one attached hydrogen (secondary N) is 1. The number of carbonyl (C=O) groups excluding carboxylic acids is 2. The number of amides is 2. The molecule has 1 aliphatic carbocycles. The number of benzene rings is 1. The van der Waals surface area contributed by atoms with Gasteiger partial charge in [-0.3, -0.25) is 19.3 Å². The lowest BCUT2D eigenvalue weighted by Gasteiger charge is -2.33. The van der Waals surface area contributed by atoms with Gasteiger partial charge in [-0.25, -0.2) is 0 Å². The molecule has 0 bridgehead atoms. The van der Waals surface area contributed by atoms with Crippen molar-refractivity contribution in [1.82, 2.24) is 10.2 Å². The quantitative estimate of drug-likeness (QED) is 0.198. The second kappa shape index (κ2) is 12.1. The fourth-order valence-corrected chi connectivity index (χ4v) is 6.97. The first-order chi connectivity index (χ1) is 19.1. The van der Waals surface area contributed by atoms with Crippen molar-refractivity contribution >= 4 is 63.5 Å². The minimum Gasteiger partial charge on any atom is -0.481 e. The van der Waals surface area contributed by atoms with Crippen LogP contribution in [0.15, 0.2) is 34.6 Å². The second-order valence-corrected chi connectivity index (χ2v) is 12.1. The summed E-state index contributed by atoms with van der Waals surface area (Å²) in [4.78, 5) is 38.3. The lowest BCUT2D eigenvalue weighted by molar-refractivity contribution is -0.143. The minimum absolute atomic E-state index is 0.0370. The van der Waals surface area contributed by atoms with Crippen LogP contribution < -0.4 is 5.32 Å². The van der Waals surface area contributed by atoms with Gasteiger partial charge in [0.1, 0.15) is 4.32 Å². The Morgan fingerprint density at radius 3 is 2.17 bits per heavy atom. The van der Waals surface area contributed by atoms with Gasteiger partial charge in [0.05, 0.1) is 22.5 Å². The Balaban J connectivity index is 1.45. The van der Waals surface area contributed by atoms with Crippen LogP contribution in [0.2, 0.25) is 0 Å². The fraction of sp³-hybridized carbons (Fsp3) is 0.385. The average Bonchev–Trinajstić information content (AvgIpc) is 3.46. The summed E-state index contributed by atoms with van der Waals surface area (Å²) in [5.74, 6) is -1.90. The largest absolute Gasteiger partial charge is 0.481 e. The van der Waals surface area contributed by atoms with Crippen molar-refractivity contribution in [1.29, 1.82) is 0 Å². The molecule has 1 aromatic heterocycles. The van der Waals surface area contributed by atoms with Gasteiger partial charge in [-0.05, 0) is 72.5 Å². The Morgan fingerprint density at radius 1 is 1.00 bits per heavy atom. The predicted octanol–water partition coefficient (Wildman–Crippen LogP) is 6.80. The smallest absolute Gasteiger partial charge is 0.416 e. The average molecular weight is 637 g/mol. The van der Waals surface area contributed by atoms with Crippen molar-refractivity contribution in [3.63, 3.8) is 0 Å². The van der Waals surface area contributed by atoms with Gasteiger partial charge in [0.15, 0.2) is 0 Å². The van der Waals surface area contributed by atoms with Gasteiger partial charge in [0.25, 0.3) is 5.91 Å². The van der Waals surface area contributed by atoms with Crippen LogP contribution in [0.25, 0.3) is 17.2 Å². The predicted molar refractivity (Wildman–Crippen MR) is 146 cm³/mol. The van der Waals surface area contributed by atoms with Crippen molar-refractivity contribution in [2.24, 2.45) is 5.92 Å². The van der Waals surface area contributed by atoms with Crippen molar-refractivity contribution in [3.05, 3.63) is 50.6 Å². The highest BCUT2D eigenvalue weighted by atomic mass is 32.2. The monoisotopic (exact) mass is 636 g/mol. The van der Waals surface area contributed by atoms with Crippen molar-refractivity contribution in [3.8, 4) is 11.1 Å². The van der Waals surface area contributed by atoms with Crippen LogP contribution in [0.4, 0.5) is 26.3 Å². The molecule has 220 valence electrons. The van der Waals surface area contributed by atoms with E-state index in [2.05, 4.69) is 5.32 Å². The van der Waals surface area contributed by atoms with E-state index in [0.717, 1.165) is 23.1 Å². The number of carboxylic acid groups (broad SMARTS) is 1. The molecule has 2 fully saturated rings. The lowest BCUT2D eigenvalue weighted by atomic mass is 9.85. The zero-order chi connectivity index (χ0) is 30.1. The van der Waals surface area contributed by atoms with Gasteiger partial charge >= 0.3 is 18.3 Å². The van der Waals surface area contributed by atoms with Crippen LogP contribution in [-0.2, 0) is 26.7 Å². The number of thiophene rings is 1. The summed E-state index contributed by atoms with van der Waals surface area (Å²) in [7, 11) is 0. The molecule has 0 radical (unpaired) electrons. The maximum absolute atomic E-state index is 13.3. The summed E-state index contributed by atoms with van der Waals surface area (Å²) in [6.45, 7) is 0.0370. The Morgan fingerprint density at radius 2 is 1.61 bits per heavy atom. The summed E-state index contributed by atoms with van der Waals surface area (Å²) in [5.41, 5.74) is -2.93.